The van der Waals surface area contributed by atoms with Crippen molar-refractivity contribution < 1.29 is 57.8 Å². The number of hydrogen-bond acceptors (Lipinski definition) is 18. The lowest BCUT2D eigenvalue weighted by Crippen LogP contribution is -2.61. The molecule has 0 aromatic rings. The number of nitrogens with two attached hydrogens (primary N) is 11. The molecule has 33 N–H and O–H groups in total. The molecule has 0 aliphatic rings. The van der Waals surface area contributed by atoms with Crippen LogP contribution in [0.1, 0.15) is 208 Å². The van der Waals surface area contributed by atoms with E-state index in [1.54, 1.807) is 27.7 Å². The van der Waals surface area contributed by atoms with Crippen molar-refractivity contribution in [3.63, 3.8) is 0 Å². The van der Waals surface area contributed by atoms with E-state index in [9.17, 15) is 57.8 Å². The molecular formula is C66H129N25O12. The first kappa shape index (κ1) is 94.1. The van der Waals surface area contributed by atoms with Crippen LogP contribution in [0.15, 0.2) is 20.0 Å². The molecule has 0 aromatic carbocycles. The highest BCUT2D eigenvalue weighted by atomic mass is 16.4. The zero-order valence-corrected chi connectivity index (χ0v) is 61.7. The standard InChI is InChI=1S/C66H129N25O12/c1-6-7-8-9-10-11-12-13-14-32-50(92)83-43(28-21-36-78-63(70)71)54(94)82-40-51(93)84-44(29-22-37-79-64(72)73)55(95)86-46(26-16-19-34-68)59(99)90-53(42(4)5)61(101)91-52(41(2)3)60(100)88-48(31-24-39-81-66(76)77)57(97)87-47(30-23-38-80-65(74)75)56(96)85-45(25-15-18-33-67)58(98)89-49(62(102)103)27-17-20-35-69/h41-49,52-53H,6-40,67-69H2,1-5H3,(H,82,94)(H,83,92)(H,84,93)(H,85,96)(H,86,95)(H,87,97)(H,88,100)(H,89,98)(H,90,99)(H,91,101)(H,102,103)(H4,70,71,78)(H4,72,73,79)(H4,74,75,80)(H4,76,77,81)/t43-,44-,45-,46-,47-,48-,49-,52-,53-/m0/s1. The Morgan fingerprint density at radius 1 is 0.311 bits per heavy atom. The number of aliphatic imine (C=N–C) groups is 4. The Bertz CT molecular complexity index is 2670. The molecular weight excluding hydrogens is 1330 g/mol. The summed E-state index contributed by atoms with van der Waals surface area (Å²) in [7, 11) is 0. The highest BCUT2D eigenvalue weighted by Crippen LogP contribution is 2.15. The van der Waals surface area contributed by atoms with Crippen molar-refractivity contribution in [2.45, 2.75) is 262 Å². The van der Waals surface area contributed by atoms with Crippen LogP contribution in [0.2, 0.25) is 0 Å². The van der Waals surface area contributed by atoms with Crippen LogP contribution < -0.4 is 116 Å². The van der Waals surface area contributed by atoms with Gasteiger partial charge in [0.25, 0.3) is 0 Å². The maximum absolute atomic E-state index is 14.6. The molecule has 0 saturated heterocycles. The van der Waals surface area contributed by atoms with E-state index in [1.165, 1.54) is 25.7 Å². The van der Waals surface area contributed by atoms with Gasteiger partial charge in [-0.15, -0.1) is 0 Å². The predicted molar refractivity (Wildman–Crippen MR) is 398 cm³/mol. The number of nitrogens with one attached hydrogen (secondary N) is 10. The van der Waals surface area contributed by atoms with Crippen LogP contribution >= 0.6 is 0 Å². The zero-order valence-electron chi connectivity index (χ0n) is 61.7. The van der Waals surface area contributed by atoms with E-state index in [-0.39, 0.29) is 140 Å². The third-order valence-corrected chi connectivity index (χ3v) is 16.5. The topological polar surface area (TPSA) is 664 Å². The van der Waals surface area contributed by atoms with Crippen molar-refractivity contribution in [3.05, 3.63) is 0 Å². The maximum atomic E-state index is 14.6. The number of carbonyl (C=O) groups is 11. The number of aliphatic carboxylic acids is 1. The minimum absolute atomic E-state index is 0.00365. The molecule has 0 heterocycles. The lowest BCUT2D eigenvalue weighted by Gasteiger charge is -2.30. The Labute approximate surface area is 607 Å². The Balaban J connectivity index is 6.95. The number of carbonyl (C=O) groups excluding carboxylic acids is 10. The van der Waals surface area contributed by atoms with Crippen molar-refractivity contribution >= 4 is 88.9 Å². The molecule has 37 nitrogen and oxygen atoms in total. The molecule has 0 saturated carbocycles. The van der Waals surface area contributed by atoms with Crippen LogP contribution in [0.5, 0.6) is 0 Å². The maximum Gasteiger partial charge on any atom is 0.326 e. The molecule has 0 aromatic heterocycles. The second kappa shape index (κ2) is 56.6. The van der Waals surface area contributed by atoms with E-state index in [1.807, 2.05) is 0 Å². The highest BCUT2D eigenvalue weighted by Gasteiger charge is 2.37. The fourth-order valence-corrected chi connectivity index (χ4v) is 10.7. The van der Waals surface area contributed by atoms with E-state index < -0.39 is 132 Å². The van der Waals surface area contributed by atoms with E-state index in [2.05, 4.69) is 80.1 Å². The number of rotatable bonds is 60. The first-order chi connectivity index (χ1) is 48.9. The normalized spacial score (nSPS) is 13.7. The number of hydrogen-bond donors (Lipinski definition) is 22. The van der Waals surface area contributed by atoms with Gasteiger partial charge in [-0.25, -0.2) is 4.79 Å². The van der Waals surface area contributed by atoms with Crippen molar-refractivity contribution in [1.82, 2.24) is 53.2 Å². The Morgan fingerprint density at radius 3 is 0.922 bits per heavy atom. The highest BCUT2D eigenvalue weighted by molar-refractivity contribution is 5.98. The molecule has 0 rings (SSSR count). The van der Waals surface area contributed by atoms with Gasteiger partial charge in [-0.1, -0.05) is 86.0 Å². The first-order valence-electron chi connectivity index (χ1n) is 36.5. The van der Waals surface area contributed by atoms with Crippen molar-refractivity contribution in [2.24, 2.45) is 94.9 Å². The number of guanidine groups is 4. The second-order valence-corrected chi connectivity index (χ2v) is 26.3. The second-order valence-electron chi connectivity index (χ2n) is 26.3. The molecule has 590 valence electrons. The van der Waals surface area contributed by atoms with Crippen LogP contribution in [0.4, 0.5) is 0 Å². The molecule has 0 fully saturated rings. The first-order valence-corrected chi connectivity index (χ1v) is 36.5. The lowest BCUT2D eigenvalue weighted by atomic mass is 9.98. The number of carboxylic acid groups (broad SMARTS) is 1. The fraction of sp³-hybridized carbons (Fsp3) is 0.773. The summed E-state index contributed by atoms with van der Waals surface area (Å²) < 4.78 is 0. The summed E-state index contributed by atoms with van der Waals surface area (Å²) >= 11 is 0. The molecule has 103 heavy (non-hydrogen) atoms. The van der Waals surface area contributed by atoms with Crippen LogP contribution in [-0.4, -0.2) is 201 Å². The van der Waals surface area contributed by atoms with Gasteiger partial charge in [-0.3, -0.25) is 67.9 Å². The summed E-state index contributed by atoms with van der Waals surface area (Å²) in [6.07, 6.45) is 12.8. The van der Waals surface area contributed by atoms with E-state index in [0.717, 1.165) is 25.7 Å². The van der Waals surface area contributed by atoms with Gasteiger partial charge in [0, 0.05) is 32.6 Å². The third kappa shape index (κ3) is 45.7. The molecule has 9 atom stereocenters. The van der Waals surface area contributed by atoms with Crippen LogP contribution in [0.3, 0.4) is 0 Å². The van der Waals surface area contributed by atoms with Gasteiger partial charge in [-0.2, -0.15) is 0 Å². The molecule has 0 aliphatic heterocycles. The molecule has 10 amide bonds. The Morgan fingerprint density at radius 2 is 0.583 bits per heavy atom. The summed E-state index contributed by atoms with van der Waals surface area (Å²) in [5.74, 6) is -11.1. The lowest BCUT2D eigenvalue weighted by molar-refractivity contribution is -0.142. The van der Waals surface area contributed by atoms with Gasteiger partial charge >= 0.3 is 5.97 Å². The summed E-state index contributed by atoms with van der Waals surface area (Å²) in [6.45, 7) is 9.09. The van der Waals surface area contributed by atoms with Gasteiger partial charge in [0.15, 0.2) is 23.8 Å². The molecule has 37 heteroatoms. The van der Waals surface area contributed by atoms with Crippen molar-refractivity contribution in [2.75, 3.05) is 52.4 Å². The van der Waals surface area contributed by atoms with Crippen molar-refractivity contribution in [1.29, 1.82) is 0 Å². The van der Waals surface area contributed by atoms with E-state index in [0.29, 0.717) is 57.9 Å². The SMILES string of the molecule is CCCCCCCCCCCC(=O)N[C@@H](CCCN=C(N)N)C(=O)NCC(=O)N[C@@H](CCCN=C(N)N)C(=O)N[C@@H](CCCCN)C(=O)N[C@H](C(=O)N[C@H](C(=O)N[C@@H](CCCN=C(N)N)C(=O)N[C@@H](CCCN=C(N)N)C(=O)N[C@@H](CCCCN)C(=O)N[C@@H](CCCCN)C(=O)O)C(C)C)C(C)C. The largest absolute Gasteiger partial charge is 0.480 e. The zero-order chi connectivity index (χ0) is 77.7. The summed E-state index contributed by atoms with van der Waals surface area (Å²) in [4.78, 5) is 169. The van der Waals surface area contributed by atoms with Gasteiger partial charge in [0.05, 0.1) is 6.54 Å². The van der Waals surface area contributed by atoms with Crippen LogP contribution in [-0.2, 0) is 52.7 Å². The van der Waals surface area contributed by atoms with Gasteiger partial charge in [0.2, 0.25) is 59.1 Å². The summed E-state index contributed by atoms with van der Waals surface area (Å²) in [5.41, 5.74) is 61.6. The quantitative estimate of drug-likeness (QED) is 0.0159. The molecule has 0 spiro atoms. The molecule has 0 aliphatic carbocycles. The van der Waals surface area contributed by atoms with Gasteiger partial charge in [-0.05, 0) is 147 Å². The van der Waals surface area contributed by atoms with Crippen LogP contribution in [0.25, 0.3) is 0 Å². The third-order valence-electron chi connectivity index (χ3n) is 16.5. The minimum Gasteiger partial charge on any atom is -0.480 e. The average Bonchev–Trinajstić information content (AvgIpc) is 0.858. The number of carboxylic acids is 1. The monoisotopic (exact) mass is 1460 g/mol. The number of unbranched alkanes of at least 4 members (excludes halogenated alkanes) is 11. The van der Waals surface area contributed by atoms with Crippen LogP contribution in [0, 0.1) is 11.8 Å². The minimum atomic E-state index is -1.43. The smallest absolute Gasteiger partial charge is 0.326 e. The summed E-state index contributed by atoms with van der Waals surface area (Å²) in [6, 6.07) is -11.9. The number of amides is 10. The predicted octanol–water partition coefficient (Wildman–Crippen LogP) is -3.62. The average molecular weight is 1460 g/mol. The molecule has 0 radical (unpaired) electrons. The van der Waals surface area contributed by atoms with Gasteiger partial charge in [0.1, 0.15) is 54.4 Å². The van der Waals surface area contributed by atoms with Crippen molar-refractivity contribution in [3.8, 4) is 0 Å². The summed E-state index contributed by atoms with van der Waals surface area (Å²) in [5, 5.41) is 36.6. The Hall–Kier alpha value is -8.87. The Kier molecular flexibility index (Phi) is 51.8. The fourth-order valence-electron chi connectivity index (χ4n) is 10.7. The van der Waals surface area contributed by atoms with E-state index in [4.69, 9.17) is 63.1 Å². The molecule has 0 unspecified atom stereocenters. The van der Waals surface area contributed by atoms with E-state index >= 15 is 0 Å². The molecule has 0 bridgehead atoms. The number of nitrogens with zero attached hydrogens (tertiary/aromatic N) is 4. The van der Waals surface area contributed by atoms with Gasteiger partial charge < -0.3 is 121 Å².